The van der Waals surface area contributed by atoms with E-state index in [1.165, 1.54) is 32.1 Å². The van der Waals surface area contributed by atoms with Crippen LogP contribution in [-0.4, -0.2) is 19.6 Å². The highest BCUT2D eigenvalue weighted by molar-refractivity contribution is 6.01. The summed E-state index contributed by atoms with van der Waals surface area (Å²) in [6.07, 6.45) is 13.0. The molecule has 1 amide bonds. The zero-order valence-electron chi connectivity index (χ0n) is 15.0. The van der Waals surface area contributed by atoms with Gasteiger partial charge in [0.15, 0.2) is 0 Å². The Morgan fingerprint density at radius 3 is 2.54 bits per heavy atom. The van der Waals surface area contributed by atoms with Crippen LogP contribution in [0, 0.1) is 11.3 Å². The van der Waals surface area contributed by atoms with E-state index in [1.807, 2.05) is 29.2 Å². The Kier molecular flexibility index (Phi) is 5.27. The Labute approximate surface area is 145 Å². The molecular weight excluding hydrogens is 298 g/mol. The minimum absolute atomic E-state index is 0.252. The molecule has 1 aliphatic heterocycles. The number of carbonyl (C=O) groups excluding carboxylic acids is 1. The summed E-state index contributed by atoms with van der Waals surface area (Å²) in [5.74, 6) is 1.75. The first kappa shape index (κ1) is 17.1. The van der Waals surface area contributed by atoms with Gasteiger partial charge in [-0.05, 0) is 55.9 Å². The first-order valence-electron chi connectivity index (χ1n) is 9.34. The van der Waals surface area contributed by atoms with Gasteiger partial charge < -0.3 is 9.64 Å². The van der Waals surface area contributed by atoms with Crippen molar-refractivity contribution in [1.82, 2.24) is 0 Å². The molecule has 0 bridgehead atoms. The van der Waals surface area contributed by atoms with Crippen molar-refractivity contribution < 1.29 is 9.53 Å². The van der Waals surface area contributed by atoms with Crippen molar-refractivity contribution in [3.8, 4) is 5.75 Å². The number of benzene rings is 1. The van der Waals surface area contributed by atoms with E-state index >= 15 is 0 Å². The molecule has 0 spiro atoms. The third-order valence-electron chi connectivity index (χ3n) is 5.80. The maximum absolute atomic E-state index is 13.1. The van der Waals surface area contributed by atoms with Crippen molar-refractivity contribution in [2.24, 2.45) is 11.3 Å². The molecule has 1 saturated carbocycles. The number of anilines is 1. The van der Waals surface area contributed by atoms with Crippen LogP contribution in [0.25, 0.3) is 0 Å². The van der Waals surface area contributed by atoms with Gasteiger partial charge in [0.1, 0.15) is 5.75 Å². The number of hydrogen-bond donors (Lipinski definition) is 0. The van der Waals surface area contributed by atoms with Gasteiger partial charge in [-0.1, -0.05) is 38.3 Å². The van der Waals surface area contributed by atoms with Crippen LogP contribution in [-0.2, 0) is 4.79 Å². The number of rotatable bonds is 5. The fraction of sp³-hybridized carbons (Fsp3) is 0.571. The van der Waals surface area contributed by atoms with Crippen molar-refractivity contribution >= 4 is 11.6 Å². The lowest BCUT2D eigenvalue weighted by Gasteiger charge is -2.25. The van der Waals surface area contributed by atoms with E-state index in [9.17, 15) is 4.79 Å². The summed E-state index contributed by atoms with van der Waals surface area (Å²) in [6.45, 7) is 2.94. The fourth-order valence-corrected chi connectivity index (χ4v) is 4.04. The molecule has 0 N–H and O–H groups in total. The van der Waals surface area contributed by atoms with Crippen LogP contribution in [0.3, 0.4) is 0 Å². The zero-order valence-corrected chi connectivity index (χ0v) is 15.0. The van der Waals surface area contributed by atoms with E-state index in [0.29, 0.717) is 5.92 Å². The number of allylic oxidation sites excluding steroid dienone is 1. The zero-order chi connectivity index (χ0) is 17.0. The summed E-state index contributed by atoms with van der Waals surface area (Å²) >= 11 is 0. The van der Waals surface area contributed by atoms with E-state index in [2.05, 4.69) is 19.1 Å². The predicted octanol–water partition coefficient (Wildman–Crippen LogP) is 4.96. The van der Waals surface area contributed by atoms with Crippen LogP contribution in [0.4, 0.5) is 5.69 Å². The van der Waals surface area contributed by atoms with Gasteiger partial charge in [0.05, 0.1) is 12.5 Å². The molecule has 0 radical (unpaired) electrons. The van der Waals surface area contributed by atoms with E-state index < -0.39 is 0 Å². The first-order chi connectivity index (χ1) is 11.7. The van der Waals surface area contributed by atoms with E-state index in [-0.39, 0.29) is 11.3 Å². The van der Waals surface area contributed by atoms with Crippen molar-refractivity contribution in [1.29, 1.82) is 0 Å². The highest BCUT2D eigenvalue weighted by Gasteiger charge is 2.43. The monoisotopic (exact) mass is 327 g/mol. The molecule has 1 saturated heterocycles. The molecule has 2 fully saturated rings. The Morgan fingerprint density at radius 2 is 1.92 bits per heavy atom. The molecule has 3 heteroatoms. The number of hydrogen-bond acceptors (Lipinski definition) is 2. The molecule has 1 aromatic rings. The normalized spacial score (nSPS) is 25.6. The highest BCUT2D eigenvalue weighted by atomic mass is 16.5. The molecule has 0 aromatic heterocycles. The quantitative estimate of drug-likeness (QED) is 0.715. The van der Waals surface area contributed by atoms with E-state index in [1.54, 1.807) is 7.11 Å². The summed E-state index contributed by atoms with van der Waals surface area (Å²) in [7, 11) is 1.66. The molecule has 24 heavy (non-hydrogen) atoms. The highest BCUT2D eigenvalue weighted by Crippen LogP contribution is 2.40. The molecule has 1 atom stereocenters. The Hall–Kier alpha value is -1.77. The number of methoxy groups -OCH3 is 1. The third-order valence-corrected chi connectivity index (χ3v) is 5.80. The number of carbonyl (C=O) groups is 1. The van der Waals surface area contributed by atoms with E-state index in [4.69, 9.17) is 4.74 Å². The van der Waals surface area contributed by atoms with E-state index in [0.717, 1.165) is 30.8 Å². The van der Waals surface area contributed by atoms with Crippen LogP contribution < -0.4 is 9.64 Å². The van der Waals surface area contributed by atoms with Gasteiger partial charge in [-0.2, -0.15) is 0 Å². The lowest BCUT2D eigenvalue weighted by atomic mass is 9.80. The molecule has 1 heterocycles. The average Bonchev–Trinajstić information content (AvgIpc) is 2.98. The standard InChI is InChI=1S/C21H29NO2/c1-3-21(14-13-17-7-5-4-6-8-17)15-16-22(20(21)23)18-9-11-19(24-2)12-10-18/h9-14,17H,3-8,15-16H2,1-2H3/b14-13+/t21-/m1/s1. The molecule has 130 valence electrons. The van der Waals surface area contributed by atoms with Crippen LogP contribution >= 0.6 is 0 Å². The van der Waals surface area contributed by atoms with Crippen molar-refractivity contribution in [2.75, 3.05) is 18.6 Å². The second-order valence-corrected chi connectivity index (χ2v) is 7.17. The number of amides is 1. The fourth-order valence-electron chi connectivity index (χ4n) is 4.04. The van der Waals surface area contributed by atoms with Gasteiger partial charge in [0.2, 0.25) is 5.91 Å². The largest absolute Gasteiger partial charge is 0.497 e. The lowest BCUT2D eigenvalue weighted by molar-refractivity contribution is -0.123. The molecular formula is C21H29NO2. The molecule has 1 aliphatic carbocycles. The minimum atomic E-state index is -0.308. The summed E-state index contributed by atoms with van der Waals surface area (Å²) in [5, 5.41) is 0. The average molecular weight is 327 g/mol. The molecule has 3 rings (SSSR count). The molecule has 3 nitrogen and oxygen atoms in total. The van der Waals surface area contributed by atoms with Gasteiger partial charge in [-0.25, -0.2) is 0 Å². The SMILES string of the molecule is CC[C@@]1(/C=C/C2CCCCC2)CCN(c2ccc(OC)cc2)C1=O. The van der Waals surface area contributed by atoms with Crippen LogP contribution in [0.15, 0.2) is 36.4 Å². The molecule has 2 aliphatic rings. The van der Waals surface area contributed by atoms with Gasteiger partial charge in [-0.3, -0.25) is 4.79 Å². The van der Waals surface area contributed by atoms with Crippen molar-refractivity contribution in [3.05, 3.63) is 36.4 Å². The Bertz CT molecular complexity index is 586. The molecule has 0 unspecified atom stereocenters. The van der Waals surface area contributed by atoms with Gasteiger partial charge in [0.25, 0.3) is 0 Å². The Morgan fingerprint density at radius 1 is 1.21 bits per heavy atom. The smallest absolute Gasteiger partial charge is 0.237 e. The predicted molar refractivity (Wildman–Crippen MR) is 98.4 cm³/mol. The Balaban J connectivity index is 1.74. The first-order valence-corrected chi connectivity index (χ1v) is 9.34. The van der Waals surface area contributed by atoms with Crippen LogP contribution in [0.2, 0.25) is 0 Å². The number of nitrogens with zero attached hydrogens (tertiary/aromatic N) is 1. The molecule has 1 aromatic carbocycles. The number of ether oxygens (including phenoxy) is 1. The minimum Gasteiger partial charge on any atom is -0.497 e. The third kappa shape index (κ3) is 3.35. The van der Waals surface area contributed by atoms with Crippen LogP contribution in [0.5, 0.6) is 5.75 Å². The maximum atomic E-state index is 13.1. The summed E-state index contributed by atoms with van der Waals surface area (Å²) in [4.78, 5) is 15.1. The van der Waals surface area contributed by atoms with Crippen LogP contribution in [0.1, 0.15) is 51.9 Å². The van der Waals surface area contributed by atoms with Gasteiger partial charge >= 0.3 is 0 Å². The van der Waals surface area contributed by atoms with Gasteiger partial charge in [0, 0.05) is 12.2 Å². The van der Waals surface area contributed by atoms with Crippen molar-refractivity contribution in [3.63, 3.8) is 0 Å². The summed E-state index contributed by atoms with van der Waals surface area (Å²) < 4.78 is 5.21. The summed E-state index contributed by atoms with van der Waals surface area (Å²) in [5.41, 5.74) is 0.666. The second kappa shape index (κ2) is 7.42. The van der Waals surface area contributed by atoms with Crippen molar-refractivity contribution in [2.45, 2.75) is 51.9 Å². The maximum Gasteiger partial charge on any atom is 0.237 e. The summed E-state index contributed by atoms with van der Waals surface area (Å²) in [6, 6.07) is 7.81. The topological polar surface area (TPSA) is 29.5 Å². The lowest BCUT2D eigenvalue weighted by Crippen LogP contribution is -2.33. The second-order valence-electron chi connectivity index (χ2n) is 7.17. The van der Waals surface area contributed by atoms with Gasteiger partial charge in [-0.15, -0.1) is 0 Å².